The summed E-state index contributed by atoms with van der Waals surface area (Å²) in [6, 6.07) is 15.1. The number of aryl methyl sites for hydroxylation is 1. The third-order valence-electron chi connectivity index (χ3n) is 3.34. The van der Waals surface area contributed by atoms with Crippen molar-refractivity contribution in [2.24, 2.45) is 0 Å². The SMILES string of the molecule is Cc1cc(Nc2ccc(C#N)cc2)nc(NCc2ccncc2)n1. The number of hydrogen-bond acceptors (Lipinski definition) is 6. The maximum absolute atomic E-state index is 8.84. The first-order valence-electron chi connectivity index (χ1n) is 7.48. The minimum atomic E-state index is 0.558. The Morgan fingerprint density at radius 1 is 1.04 bits per heavy atom. The lowest BCUT2D eigenvalue weighted by molar-refractivity contribution is 1.03. The Kier molecular flexibility index (Phi) is 4.63. The molecule has 0 radical (unpaired) electrons. The molecule has 2 aromatic heterocycles. The molecule has 0 aliphatic heterocycles. The summed E-state index contributed by atoms with van der Waals surface area (Å²) in [6.45, 7) is 2.55. The number of anilines is 3. The van der Waals surface area contributed by atoms with Crippen molar-refractivity contribution in [2.45, 2.75) is 13.5 Å². The first kappa shape index (κ1) is 15.4. The molecule has 0 spiro atoms. The average Bonchev–Trinajstić information content (AvgIpc) is 2.61. The summed E-state index contributed by atoms with van der Waals surface area (Å²) in [5.74, 6) is 1.26. The second-order valence-corrected chi connectivity index (χ2v) is 5.24. The van der Waals surface area contributed by atoms with Crippen LogP contribution in [-0.2, 0) is 6.54 Å². The molecule has 0 fully saturated rings. The Hall–Kier alpha value is -3.46. The van der Waals surface area contributed by atoms with Crippen LogP contribution in [0, 0.1) is 18.3 Å². The smallest absolute Gasteiger partial charge is 0.225 e. The normalized spacial score (nSPS) is 10.0. The van der Waals surface area contributed by atoms with Gasteiger partial charge in [0.25, 0.3) is 0 Å². The summed E-state index contributed by atoms with van der Waals surface area (Å²) >= 11 is 0. The molecule has 24 heavy (non-hydrogen) atoms. The minimum Gasteiger partial charge on any atom is -0.350 e. The quantitative estimate of drug-likeness (QED) is 0.750. The summed E-state index contributed by atoms with van der Waals surface area (Å²) in [7, 11) is 0. The third-order valence-corrected chi connectivity index (χ3v) is 3.34. The maximum atomic E-state index is 8.84. The molecule has 0 unspecified atom stereocenters. The van der Waals surface area contributed by atoms with Crippen LogP contribution in [0.2, 0.25) is 0 Å². The lowest BCUT2D eigenvalue weighted by atomic mass is 10.2. The molecule has 0 atom stereocenters. The van der Waals surface area contributed by atoms with Gasteiger partial charge in [-0.3, -0.25) is 4.98 Å². The number of benzene rings is 1. The monoisotopic (exact) mass is 316 g/mol. The summed E-state index contributed by atoms with van der Waals surface area (Å²) in [5, 5.41) is 15.3. The molecular formula is C18H16N6. The van der Waals surface area contributed by atoms with Gasteiger partial charge < -0.3 is 10.6 Å². The number of rotatable bonds is 5. The lowest BCUT2D eigenvalue weighted by Gasteiger charge is -2.10. The van der Waals surface area contributed by atoms with Crippen LogP contribution in [0.3, 0.4) is 0 Å². The van der Waals surface area contributed by atoms with Gasteiger partial charge in [-0.2, -0.15) is 10.2 Å². The fourth-order valence-electron chi connectivity index (χ4n) is 2.17. The number of nitrogens with one attached hydrogen (secondary N) is 2. The van der Waals surface area contributed by atoms with Crippen LogP contribution in [0.15, 0.2) is 54.9 Å². The zero-order chi connectivity index (χ0) is 16.8. The molecule has 0 amide bonds. The van der Waals surface area contributed by atoms with Crippen LogP contribution in [0.25, 0.3) is 0 Å². The van der Waals surface area contributed by atoms with Gasteiger partial charge in [0.1, 0.15) is 5.82 Å². The van der Waals surface area contributed by atoms with Crippen molar-refractivity contribution in [3.8, 4) is 6.07 Å². The zero-order valence-corrected chi connectivity index (χ0v) is 13.2. The molecule has 1 aromatic carbocycles. The second-order valence-electron chi connectivity index (χ2n) is 5.24. The lowest BCUT2D eigenvalue weighted by Crippen LogP contribution is -2.06. The van der Waals surface area contributed by atoms with E-state index in [-0.39, 0.29) is 0 Å². The number of pyridine rings is 1. The molecule has 0 aliphatic rings. The van der Waals surface area contributed by atoms with E-state index in [0.29, 0.717) is 23.9 Å². The topological polar surface area (TPSA) is 86.5 Å². The van der Waals surface area contributed by atoms with Crippen LogP contribution >= 0.6 is 0 Å². The fraction of sp³-hybridized carbons (Fsp3) is 0.111. The zero-order valence-electron chi connectivity index (χ0n) is 13.2. The Morgan fingerprint density at radius 3 is 2.50 bits per heavy atom. The van der Waals surface area contributed by atoms with Crippen molar-refractivity contribution in [3.63, 3.8) is 0 Å². The summed E-state index contributed by atoms with van der Waals surface area (Å²) in [4.78, 5) is 12.9. The van der Waals surface area contributed by atoms with E-state index in [1.54, 1.807) is 24.5 Å². The van der Waals surface area contributed by atoms with Gasteiger partial charge in [0.15, 0.2) is 0 Å². The molecule has 2 heterocycles. The van der Waals surface area contributed by atoms with E-state index >= 15 is 0 Å². The number of nitriles is 1. The number of aromatic nitrogens is 3. The van der Waals surface area contributed by atoms with E-state index < -0.39 is 0 Å². The van der Waals surface area contributed by atoms with E-state index in [1.165, 1.54) is 0 Å². The molecule has 6 heteroatoms. The van der Waals surface area contributed by atoms with Gasteiger partial charge in [-0.1, -0.05) is 0 Å². The Morgan fingerprint density at radius 2 is 1.79 bits per heavy atom. The van der Waals surface area contributed by atoms with Gasteiger partial charge in [-0.05, 0) is 48.9 Å². The second kappa shape index (κ2) is 7.20. The molecule has 3 aromatic rings. The number of nitrogens with zero attached hydrogens (tertiary/aromatic N) is 4. The number of hydrogen-bond donors (Lipinski definition) is 2. The predicted octanol–water partition coefficient (Wildman–Crippen LogP) is 3.41. The Balaban J connectivity index is 1.72. The van der Waals surface area contributed by atoms with Crippen LogP contribution in [-0.4, -0.2) is 15.0 Å². The summed E-state index contributed by atoms with van der Waals surface area (Å²) in [6.07, 6.45) is 3.51. The molecule has 2 N–H and O–H groups in total. The van der Waals surface area contributed by atoms with Crippen LogP contribution in [0.5, 0.6) is 0 Å². The Labute approximate surface area is 140 Å². The van der Waals surface area contributed by atoms with E-state index in [2.05, 4.69) is 31.7 Å². The minimum absolute atomic E-state index is 0.558. The van der Waals surface area contributed by atoms with Crippen molar-refractivity contribution >= 4 is 17.5 Å². The van der Waals surface area contributed by atoms with Gasteiger partial charge >= 0.3 is 0 Å². The third kappa shape index (κ3) is 4.05. The summed E-state index contributed by atoms with van der Waals surface area (Å²) < 4.78 is 0. The van der Waals surface area contributed by atoms with Crippen molar-refractivity contribution in [1.82, 2.24) is 15.0 Å². The van der Waals surface area contributed by atoms with Crippen molar-refractivity contribution in [3.05, 3.63) is 71.7 Å². The van der Waals surface area contributed by atoms with E-state index in [1.807, 2.05) is 37.3 Å². The first-order chi connectivity index (χ1) is 11.7. The highest BCUT2D eigenvalue weighted by molar-refractivity contribution is 5.58. The van der Waals surface area contributed by atoms with E-state index in [9.17, 15) is 0 Å². The Bertz CT molecular complexity index is 853. The fourth-order valence-corrected chi connectivity index (χ4v) is 2.17. The predicted molar refractivity (Wildman–Crippen MR) is 92.8 cm³/mol. The van der Waals surface area contributed by atoms with Crippen molar-refractivity contribution in [1.29, 1.82) is 5.26 Å². The van der Waals surface area contributed by atoms with Crippen molar-refractivity contribution in [2.75, 3.05) is 10.6 Å². The van der Waals surface area contributed by atoms with Gasteiger partial charge in [0.2, 0.25) is 5.95 Å². The van der Waals surface area contributed by atoms with Crippen LogP contribution in [0.1, 0.15) is 16.8 Å². The molecule has 0 aliphatic carbocycles. The van der Waals surface area contributed by atoms with E-state index in [0.717, 1.165) is 16.9 Å². The van der Waals surface area contributed by atoms with Gasteiger partial charge in [0, 0.05) is 36.4 Å². The molecule has 0 bridgehead atoms. The van der Waals surface area contributed by atoms with Crippen LogP contribution in [0.4, 0.5) is 17.5 Å². The van der Waals surface area contributed by atoms with Gasteiger partial charge in [-0.25, -0.2) is 4.98 Å². The van der Waals surface area contributed by atoms with E-state index in [4.69, 9.17) is 5.26 Å². The highest BCUT2D eigenvalue weighted by atomic mass is 15.1. The van der Waals surface area contributed by atoms with Gasteiger partial charge in [0.05, 0.1) is 11.6 Å². The molecule has 0 saturated carbocycles. The van der Waals surface area contributed by atoms with Gasteiger partial charge in [-0.15, -0.1) is 0 Å². The summed E-state index contributed by atoms with van der Waals surface area (Å²) in [5.41, 5.74) is 3.46. The highest BCUT2D eigenvalue weighted by Gasteiger charge is 2.03. The standard InChI is InChI=1S/C18H16N6/c1-13-10-17(23-16-4-2-14(11-19)3-5-16)24-18(22-13)21-12-15-6-8-20-9-7-15/h2-10H,12H2,1H3,(H2,21,22,23,24). The first-order valence-corrected chi connectivity index (χ1v) is 7.48. The molecule has 0 saturated heterocycles. The van der Waals surface area contributed by atoms with Crippen molar-refractivity contribution < 1.29 is 0 Å². The molecule has 6 nitrogen and oxygen atoms in total. The molecule has 3 rings (SSSR count). The molecule has 118 valence electrons. The average molecular weight is 316 g/mol. The van der Waals surface area contributed by atoms with Crippen LogP contribution < -0.4 is 10.6 Å². The largest absolute Gasteiger partial charge is 0.350 e. The molecular weight excluding hydrogens is 300 g/mol. The highest BCUT2D eigenvalue weighted by Crippen LogP contribution is 2.17. The maximum Gasteiger partial charge on any atom is 0.225 e.